The van der Waals surface area contributed by atoms with E-state index in [0.29, 0.717) is 6.54 Å². The highest BCUT2D eigenvalue weighted by atomic mass is 35.5. The van der Waals surface area contributed by atoms with E-state index in [1.54, 1.807) is 0 Å². The molecule has 0 aliphatic heterocycles. The number of thiazole rings is 1. The Hall–Kier alpha value is -1.59. The van der Waals surface area contributed by atoms with Crippen LogP contribution in [0.1, 0.15) is 11.3 Å². The molecule has 19 heavy (non-hydrogen) atoms. The summed E-state index contributed by atoms with van der Waals surface area (Å²) in [5.41, 5.74) is 1.84. The summed E-state index contributed by atoms with van der Waals surface area (Å²) >= 11 is 7.29. The van der Waals surface area contributed by atoms with Crippen molar-refractivity contribution in [2.75, 3.05) is 12.4 Å². The molecule has 0 unspecified atom stereocenters. The van der Waals surface area contributed by atoms with E-state index in [4.69, 9.17) is 11.6 Å². The number of hydrogen-bond acceptors (Lipinski definition) is 5. The molecule has 0 saturated carbocycles. The molecule has 0 aliphatic rings. The quantitative estimate of drug-likeness (QED) is 0.861. The lowest BCUT2D eigenvalue weighted by molar-refractivity contribution is -0.139. The maximum Gasteiger partial charge on any atom is 0.311 e. The third-order valence-electron chi connectivity index (χ3n) is 2.46. The molecular weight excluding hydrogens is 284 g/mol. The number of anilines is 1. The minimum absolute atomic E-state index is 0.204. The summed E-state index contributed by atoms with van der Waals surface area (Å²) in [6.07, 6.45) is 0.204. The van der Waals surface area contributed by atoms with Crippen LogP contribution in [0.2, 0.25) is 5.02 Å². The van der Waals surface area contributed by atoms with Crippen LogP contribution in [-0.2, 0) is 22.5 Å². The van der Waals surface area contributed by atoms with Crippen molar-refractivity contribution in [2.45, 2.75) is 13.0 Å². The average molecular weight is 297 g/mol. The zero-order chi connectivity index (χ0) is 13.7. The smallest absolute Gasteiger partial charge is 0.311 e. The van der Waals surface area contributed by atoms with Crippen molar-refractivity contribution in [3.63, 3.8) is 0 Å². The van der Waals surface area contributed by atoms with Crippen molar-refractivity contribution in [2.24, 2.45) is 0 Å². The number of aromatic nitrogens is 1. The molecule has 6 heteroatoms. The molecule has 0 radical (unpaired) electrons. The van der Waals surface area contributed by atoms with Gasteiger partial charge in [0.25, 0.3) is 0 Å². The number of benzene rings is 1. The number of ether oxygens (including phenoxy) is 1. The first-order valence-electron chi connectivity index (χ1n) is 5.67. The molecule has 100 valence electrons. The second-order valence-corrected chi connectivity index (χ2v) is 5.17. The summed E-state index contributed by atoms with van der Waals surface area (Å²) in [6.45, 7) is 0.669. The van der Waals surface area contributed by atoms with Crippen molar-refractivity contribution in [3.8, 4) is 0 Å². The van der Waals surface area contributed by atoms with Crippen molar-refractivity contribution in [3.05, 3.63) is 45.9 Å². The number of methoxy groups -OCH3 is 1. The third kappa shape index (κ3) is 4.22. The summed E-state index contributed by atoms with van der Waals surface area (Å²) < 4.78 is 4.60. The Morgan fingerprint density at radius 3 is 2.84 bits per heavy atom. The maximum atomic E-state index is 11.1. The Bertz CT molecular complexity index is 554. The van der Waals surface area contributed by atoms with Crippen LogP contribution in [0.25, 0.3) is 0 Å². The van der Waals surface area contributed by atoms with E-state index in [1.807, 2.05) is 29.6 Å². The lowest BCUT2D eigenvalue weighted by Gasteiger charge is -2.02. The molecule has 2 aromatic rings. The molecule has 0 saturated heterocycles. The van der Waals surface area contributed by atoms with E-state index in [1.165, 1.54) is 18.4 Å². The fourth-order valence-corrected chi connectivity index (χ4v) is 2.30. The molecule has 0 fully saturated rings. The van der Waals surface area contributed by atoms with Crippen molar-refractivity contribution in [1.29, 1.82) is 0 Å². The first kappa shape index (κ1) is 13.8. The van der Waals surface area contributed by atoms with Gasteiger partial charge < -0.3 is 10.1 Å². The number of nitrogens with one attached hydrogen (secondary N) is 1. The van der Waals surface area contributed by atoms with Crippen LogP contribution in [0, 0.1) is 0 Å². The molecule has 0 spiro atoms. The Morgan fingerprint density at radius 1 is 1.42 bits per heavy atom. The van der Waals surface area contributed by atoms with Crippen LogP contribution in [-0.4, -0.2) is 18.1 Å². The molecule has 0 atom stereocenters. The predicted octanol–water partition coefficient (Wildman–Crippen LogP) is 3.12. The average Bonchev–Trinajstić information content (AvgIpc) is 2.85. The van der Waals surface area contributed by atoms with Gasteiger partial charge in [0, 0.05) is 16.9 Å². The number of hydrogen-bond donors (Lipinski definition) is 1. The second kappa shape index (κ2) is 6.54. The molecule has 0 bridgehead atoms. The standard InChI is InChI=1S/C13H13ClN2O2S/c1-18-12(17)6-11-8-19-13(16-11)15-7-9-2-4-10(14)5-3-9/h2-5,8H,6-7H2,1H3,(H,15,16). The summed E-state index contributed by atoms with van der Waals surface area (Å²) in [5, 5.41) is 6.56. The topological polar surface area (TPSA) is 51.2 Å². The highest BCUT2D eigenvalue weighted by molar-refractivity contribution is 7.13. The van der Waals surface area contributed by atoms with Gasteiger partial charge in [0.1, 0.15) is 0 Å². The van der Waals surface area contributed by atoms with Crippen LogP contribution in [0.4, 0.5) is 5.13 Å². The van der Waals surface area contributed by atoms with Gasteiger partial charge in [-0.1, -0.05) is 23.7 Å². The van der Waals surface area contributed by atoms with Crippen LogP contribution in [0.15, 0.2) is 29.6 Å². The SMILES string of the molecule is COC(=O)Cc1csc(NCc2ccc(Cl)cc2)n1. The van der Waals surface area contributed by atoms with Gasteiger partial charge in [-0.25, -0.2) is 4.98 Å². The van der Waals surface area contributed by atoms with Gasteiger partial charge in [0.2, 0.25) is 0 Å². The van der Waals surface area contributed by atoms with Crippen LogP contribution in [0.3, 0.4) is 0 Å². The lowest BCUT2D eigenvalue weighted by Crippen LogP contribution is -2.05. The van der Waals surface area contributed by atoms with Crippen LogP contribution < -0.4 is 5.32 Å². The third-order valence-corrected chi connectivity index (χ3v) is 3.56. The number of rotatable bonds is 5. The first-order chi connectivity index (χ1) is 9.17. The van der Waals surface area contributed by atoms with E-state index < -0.39 is 0 Å². The first-order valence-corrected chi connectivity index (χ1v) is 6.92. The summed E-state index contributed by atoms with van der Waals surface area (Å²) in [4.78, 5) is 15.4. The fraction of sp³-hybridized carbons (Fsp3) is 0.231. The Labute approximate surface area is 120 Å². The lowest BCUT2D eigenvalue weighted by atomic mass is 10.2. The molecule has 1 heterocycles. The number of carbonyl (C=O) groups excluding carboxylic acids is 1. The predicted molar refractivity (Wildman–Crippen MR) is 76.6 cm³/mol. The molecular formula is C13H13ClN2O2S. The summed E-state index contributed by atoms with van der Waals surface area (Å²) in [7, 11) is 1.37. The van der Waals surface area contributed by atoms with Crippen molar-refractivity contribution >= 4 is 34.0 Å². The summed E-state index contributed by atoms with van der Waals surface area (Å²) in [5.74, 6) is -0.283. The van der Waals surface area contributed by atoms with Gasteiger partial charge in [-0.2, -0.15) is 0 Å². The Morgan fingerprint density at radius 2 is 2.16 bits per heavy atom. The molecule has 1 N–H and O–H groups in total. The van der Waals surface area contributed by atoms with Crippen molar-refractivity contribution in [1.82, 2.24) is 4.98 Å². The van der Waals surface area contributed by atoms with E-state index in [0.717, 1.165) is 21.4 Å². The van der Waals surface area contributed by atoms with Gasteiger partial charge in [-0.3, -0.25) is 4.79 Å². The zero-order valence-electron chi connectivity index (χ0n) is 10.4. The van der Waals surface area contributed by atoms with Gasteiger partial charge in [-0.15, -0.1) is 11.3 Å². The molecule has 1 aromatic carbocycles. The second-order valence-electron chi connectivity index (χ2n) is 3.88. The highest BCUT2D eigenvalue weighted by Gasteiger charge is 2.07. The van der Waals surface area contributed by atoms with E-state index >= 15 is 0 Å². The number of carbonyl (C=O) groups is 1. The van der Waals surface area contributed by atoms with E-state index in [-0.39, 0.29) is 12.4 Å². The number of esters is 1. The number of halogens is 1. The largest absolute Gasteiger partial charge is 0.469 e. The summed E-state index contributed by atoms with van der Waals surface area (Å²) in [6, 6.07) is 7.61. The van der Waals surface area contributed by atoms with Gasteiger partial charge in [0.15, 0.2) is 5.13 Å². The number of nitrogens with zero attached hydrogens (tertiary/aromatic N) is 1. The van der Waals surface area contributed by atoms with Gasteiger partial charge >= 0.3 is 5.97 Å². The molecule has 1 aromatic heterocycles. The Kier molecular flexibility index (Phi) is 4.76. The van der Waals surface area contributed by atoms with Gasteiger partial charge in [0.05, 0.1) is 19.2 Å². The minimum atomic E-state index is -0.283. The molecule has 2 rings (SSSR count). The molecule has 0 aliphatic carbocycles. The Balaban J connectivity index is 1.89. The van der Waals surface area contributed by atoms with Crippen LogP contribution in [0.5, 0.6) is 0 Å². The maximum absolute atomic E-state index is 11.1. The van der Waals surface area contributed by atoms with Crippen molar-refractivity contribution < 1.29 is 9.53 Å². The van der Waals surface area contributed by atoms with Gasteiger partial charge in [-0.05, 0) is 17.7 Å². The van der Waals surface area contributed by atoms with E-state index in [2.05, 4.69) is 15.0 Å². The normalized spacial score (nSPS) is 10.2. The van der Waals surface area contributed by atoms with E-state index in [9.17, 15) is 4.79 Å². The monoisotopic (exact) mass is 296 g/mol. The molecule has 4 nitrogen and oxygen atoms in total. The zero-order valence-corrected chi connectivity index (χ0v) is 11.9. The van der Waals surface area contributed by atoms with Crippen LogP contribution >= 0.6 is 22.9 Å². The molecule has 0 amide bonds. The minimum Gasteiger partial charge on any atom is -0.469 e. The highest BCUT2D eigenvalue weighted by Crippen LogP contribution is 2.17. The fourth-order valence-electron chi connectivity index (χ4n) is 1.47.